The number of hydrogen-bond donors (Lipinski definition) is 1. The van der Waals surface area contributed by atoms with Crippen molar-refractivity contribution in [1.82, 2.24) is 9.78 Å². The zero-order valence-electron chi connectivity index (χ0n) is 11.5. The van der Waals surface area contributed by atoms with Gasteiger partial charge in [0.2, 0.25) is 0 Å². The van der Waals surface area contributed by atoms with Crippen LogP contribution in [-0.2, 0) is 11.8 Å². The molecule has 1 aliphatic rings. The number of carbonyl (C=O) groups excluding carboxylic acids is 1. The molecule has 2 N–H and O–H groups in total. The Morgan fingerprint density at radius 3 is 2.50 bits per heavy atom. The highest BCUT2D eigenvalue weighted by atomic mass is 16.1. The smallest absolute Gasteiger partial charge is 0.157 e. The Kier molecular flexibility index (Phi) is 3.85. The summed E-state index contributed by atoms with van der Waals surface area (Å²) in [4.78, 5) is 12.4. The van der Waals surface area contributed by atoms with Crippen LogP contribution in [0.4, 0.5) is 0 Å². The topological polar surface area (TPSA) is 60.9 Å². The van der Waals surface area contributed by atoms with E-state index in [-0.39, 0.29) is 11.7 Å². The Bertz CT molecular complexity index is 416. The maximum absolute atomic E-state index is 12.4. The van der Waals surface area contributed by atoms with Gasteiger partial charge in [-0.05, 0) is 31.1 Å². The molecule has 0 aromatic carbocycles. The summed E-state index contributed by atoms with van der Waals surface area (Å²) in [5.41, 5.74) is 6.90. The third-order valence-electron chi connectivity index (χ3n) is 3.97. The lowest BCUT2D eigenvalue weighted by molar-refractivity contribution is -0.126. The number of rotatable bonds is 3. The molecule has 1 saturated carbocycles. The minimum atomic E-state index is -0.513. The lowest BCUT2D eigenvalue weighted by Crippen LogP contribution is -2.33. The van der Waals surface area contributed by atoms with Gasteiger partial charge in [0, 0.05) is 24.7 Å². The molecular weight excluding hydrogens is 226 g/mol. The molecule has 0 radical (unpaired) electrons. The number of Topliss-reactive ketones (excluding diaryl/α,β-unsaturated/α-hetero) is 1. The van der Waals surface area contributed by atoms with Crippen LogP contribution in [0.5, 0.6) is 0 Å². The van der Waals surface area contributed by atoms with Gasteiger partial charge in [0.05, 0.1) is 12.2 Å². The molecule has 18 heavy (non-hydrogen) atoms. The second kappa shape index (κ2) is 5.22. The second-order valence-electron chi connectivity index (χ2n) is 5.94. The van der Waals surface area contributed by atoms with E-state index in [1.165, 1.54) is 6.42 Å². The van der Waals surface area contributed by atoms with Gasteiger partial charge < -0.3 is 5.73 Å². The van der Waals surface area contributed by atoms with Crippen molar-refractivity contribution in [3.05, 3.63) is 18.0 Å². The summed E-state index contributed by atoms with van der Waals surface area (Å²) in [6.45, 7) is 4.46. The van der Waals surface area contributed by atoms with E-state index >= 15 is 0 Å². The van der Waals surface area contributed by atoms with E-state index in [0.29, 0.717) is 11.8 Å². The SMILES string of the molecule is CC1CC(C)CC(C(=O)C(N)c2cnn(C)c2)C1. The van der Waals surface area contributed by atoms with E-state index in [9.17, 15) is 4.79 Å². The van der Waals surface area contributed by atoms with Crippen LogP contribution in [0.15, 0.2) is 12.4 Å². The van der Waals surface area contributed by atoms with E-state index in [4.69, 9.17) is 5.73 Å². The third-order valence-corrected chi connectivity index (χ3v) is 3.97. The van der Waals surface area contributed by atoms with Crippen molar-refractivity contribution in [2.75, 3.05) is 0 Å². The molecule has 4 heteroatoms. The average Bonchev–Trinajstić information content (AvgIpc) is 2.72. The van der Waals surface area contributed by atoms with Crippen molar-refractivity contribution in [2.45, 2.75) is 39.2 Å². The fourth-order valence-electron chi connectivity index (χ4n) is 3.20. The van der Waals surface area contributed by atoms with Crippen LogP contribution in [0.2, 0.25) is 0 Å². The standard InChI is InChI=1S/C14H23N3O/c1-9-4-10(2)6-11(5-9)14(18)13(15)12-7-16-17(3)8-12/h7-11,13H,4-6,15H2,1-3H3. The molecule has 0 spiro atoms. The Morgan fingerprint density at radius 2 is 2.00 bits per heavy atom. The van der Waals surface area contributed by atoms with E-state index in [0.717, 1.165) is 18.4 Å². The van der Waals surface area contributed by atoms with E-state index in [1.54, 1.807) is 10.9 Å². The van der Waals surface area contributed by atoms with Gasteiger partial charge in [-0.3, -0.25) is 9.48 Å². The predicted molar refractivity (Wildman–Crippen MR) is 70.8 cm³/mol. The molecule has 2 rings (SSSR count). The van der Waals surface area contributed by atoms with Crippen molar-refractivity contribution < 1.29 is 4.79 Å². The Morgan fingerprint density at radius 1 is 1.39 bits per heavy atom. The molecule has 3 atom stereocenters. The van der Waals surface area contributed by atoms with Crippen LogP contribution < -0.4 is 5.73 Å². The number of ketones is 1. The summed E-state index contributed by atoms with van der Waals surface area (Å²) in [6.07, 6.45) is 6.72. The van der Waals surface area contributed by atoms with Crippen LogP contribution in [0.25, 0.3) is 0 Å². The third kappa shape index (κ3) is 2.80. The molecule has 1 fully saturated rings. The number of nitrogens with two attached hydrogens (primary N) is 1. The molecule has 0 saturated heterocycles. The summed E-state index contributed by atoms with van der Waals surface area (Å²) in [7, 11) is 1.84. The van der Waals surface area contributed by atoms with E-state index < -0.39 is 6.04 Å². The lowest BCUT2D eigenvalue weighted by atomic mass is 9.73. The van der Waals surface area contributed by atoms with Crippen molar-refractivity contribution in [1.29, 1.82) is 0 Å². The first-order valence-electron chi connectivity index (χ1n) is 6.75. The minimum Gasteiger partial charge on any atom is -0.318 e. The summed E-state index contributed by atoms with van der Waals surface area (Å²) in [6, 6.07) is -0.513. The Balaban J connectivity index is 2.06. The monoisotopic (exact) mass is 249 g/mol. The molecule has 3 unspecified atom stereocenters. The fraction of sp³-hybridized carbons (Fsp3) is 0.714. The summed E-state index contributed by atoms with van der Waals surface area (Å²) in [5, 5.41) is 4.08. The summed E-state index contributed by atoms with van der Waals surface area (Å²) in [5.74, 6) is 1.56. The molecule has 1 aliphatic carbocycles. The van der Waals surface area contributed by atoms with Crippen molar-refractivity contribution in [3.8, 4) is 0 Å². The van der Waals surface area contributed by atoms with Gasteiger partial charge in [0.15, 0.2) is 5.78 Å². The normalized spacial score (nSPS) is 30.1. The largest absolute Gasteiger partial charge is 0.318 e. The van der Waals surface area contributed by atoms with Crippen molar-refractivity contribution in [2.24, 2.45) is 30.5 Å². The first kappa shape index (κ1) is 13.3. The van der Waals surface area contributed by atoms with Gasteiger partial charge in [-0.25, -0.2) is 0 Å². The Hall–Kier alpha value is -1.16. The number of aryl methyl sites for hydroxylation is 1. The number of nitrogens with zero attached hydrogens (tertiary/aromatic N) is 2. The van der Waals surface area contributed by atoms with Crippen molar-refractivity contribution >= 4 is 5.78 Å². The fourth-order valence-corrected chi connectivity index (χ4v) is 3.20. The minimum absolute atomic E-state index is 0.124. The molecule has 100 valence electrons. The van der Waals surface area contributed by atoms with Gasteiger partial charge in [-0.15, -0.1) is 0 Å². The highest BCUT2D eigenvalue weighted by Gasteiger charge is 2.32. The highest BCUT2D eigenvalue weighted by molar-refractivity contribution is 5.87. The van der Waals surface area contributed by atoms with Crippen LogP contribution >= 0.6 is 0 Å². The first-order valence-corrected chi connectivity index (χ1v) is 6.75. The lowest BCUT2D eigenvalue weighted by Gasteiger charge is -2.31. The van der Waals surface area contributed by atoms with Crippen LogP contribution in [-0.4, -0.2) is 15.6 Å². The first-order chi connectivity index (χ1) is 8.47. The molecule has 1 heterocycles. The van der Waals surface area contributed by atoms with Gasteiger partial charge in [-0.1, -0.05) is 13.8 Å². The molecule has 0 bridgehead atoms. The molecule has 0 amide bonds. The molecule has 1 aromatic rings. The maximum atomic E-state index is 12.4. The Labute approximate surface area is 109 Å². The van der Waals surface area contributed by atoms with Crippen LogP contribution in [0.3, 0.4) is 0 Å². The number of hydrogen-bond acceptors (Lipinski definition) is 3. The van der Waals surface area contributed by atoms with Gasteiger partial charge in [0.1, 0.15) is 0 Å². The van der Waals surface area contributed by atoms with Crippen molar-refractivity contribution in [3.63, 3.8) is 0 Å². The quantitative estimate of drug-likeness (QED) is 0.892. The maximum Gasteiger partial charge on any atom is 0.157 e. The van der Waals surface area contributed by atoms with Crippen LogP contribution in [0, 0.1) is 17.8 Å². The van der Waals surface area contributed by atoms with Gasteiger partial charge in [-0.2, -0.15) is 5.10 Å². The highest BCUT2D eigenvalue weighted by Crippen LogP contribution is 2.35. The van der Waals surface area contributed by atoms with Gasteiger partial charge >= 0.3 is 0 Å². The average molecular weight is 249 g/mol. The zero-order valence-corrected chi connectivity index (χ0v) is 11.5. The second-order valence-corrected chi connectivity index (χ2v) is 5.94. The number of aromatic nitrogens is 2. The molecule has 4 nitrogen and oxygen atoms in total. The molecular formula is C14H23N3O. The number of carbonyl (C=O) groups is 1. The molecule has 0 aliphatic heterocycles. The van der Waals surface area contributed by atoms with Gasteiger partial charge in [0.25, 0.3) is 0 Å². The molecule has 1 aromatic heterocycles. The summed E-state index contributed by atoms with van der Waals surface area (Å²) < 4.78 is 1.69. The summed E-state index contributed by atoms with van der Waals surface area (Å²) >= 11 is 0. The van der Waals surface area contributed by atoms with Crippen LogP contribution in [0.1, 0.15) is 44.7 Å². The zero-order chi connectivity index (χ0) is 13.3. The predicted octanol–water partition coefficient (Wildman–Crippen LogP) is 2.06. The van der Waals surface area contributed by atoms with E-state index in [1.807, 2.05) is 13.2 Å². The van der Waals surface area contributed by atoms with E-state index in [2.05, 4.69) is 18.9 Å².